The zero-order valence-corrected chi connectivity index (χ0v) is 33.4. The molecule has 2 atom stereocenters. The first-order valence-electron chi connectivity index (χ1n) is 20.0. The van der Waals surface area contributed by atoms with E-state index < -0.39 is 18.1 Å². The fraction of sp³-hybridized carbons (Fsp3) is 0.659. The third kappa shape index (κ3) is 32.7. The minimum Gasteiger partial charge on any atom is -0.544 e. The normalized spacial score (nSPS) is 13.8. The Bertz CT molecular complexity index is 1080. The Labute approximate surface area is 317 Å². The number of unbranched alkanes of at least 4 members (excludes halogenated alkanes) is 8. The maximum Gasteiger partial charge on any atom is 0.306 e. The highest BCUT2D eigenvalue weighted by atomic mass is 16.6. The third-order valence-corrected chi connectivity index (χ3v) is 8.33. The van der Waals surface area contributed by atoms with Crippen molar-refractivity contribution in [2.45, 2.75) is 148 Å². The maximum absolute atomic E-state index is 12.6. The van der Waals surface area contributed by atoms with E-state index >= 15 is 0 Å². The van der Waals surface area contributed by atoms with Gasteiger partial charge in [-0.25, -0.2) is 0 Å². The summed E-state index contributed by atoms with van der Waals surface area (Å²) in [6.45, 7) is 4.41. The highest BCUT2D eigenvalue weighted by molar-refractivity contribution is 5.70. The van der Waals surface area contributed by atoms with Gasteiger partial charge in [0.05, 0.1) is 40.3 Å². The first-order valence-corrected chi connectivity index (χ1v) is 20.0. The monoisotopic (exact) mass is 728 g/mol. The molecule has 2 unspecified atom stereocenters. The summed E-state index contributed by atoms with van der Waals surface area (Å²) in [5, 5.41) is 11.6. The molecule has 296 valence electrons. The zero-order valence-electron chi connectivity index (χ0n) is 33.4. The van der Waals surface area contributed by atoms with Crippen LogP contribution in [0.3, 0.4) is 0 Å². The van der Waals surface area contributed by atoms with Gasteiger partial charge in [-0.2, -0.15) is 0 Å². The Kier molecular flexibility index (Phi) is 32.7. The van der Waals surface area contributed by atoms with Crippen molar-refractivity contribution in [2.75, 3.05) is 41.0 Å². The van der Waals surface area contributed by atoms with Crippen LogP contribution < -0.4 is 5.11 Å². The van der Waals surface area contributed by atoms with Gasteiger partial charge in [0.1, 0.15) is 12.6 Å². The van der Waals surface area contributed by atoms with E-state index in [-0.39, 0.29) is 49.1 Å². The number of hydrogen-bond acceptors (Lipinski definition) is 7. The number of likely N-dealkylation sites (N-methyl/N-ethyl adjacent to an activating group) is 1. The van der Waals surface area contributed by atoms with E-state index in [0.717, 1.165) is 83.5 Å². The van der Waals surface area contributed by atoms with E-state index in [1.165, 1.54) is 12.8 Å². The predicted octanol–water partition coefficient (Wildman–Crippen LogP) is 9.07. The molecule has 52 heavy (non-hydrogen) atoms. The Morgan fingerprint density at radius 3 is 1.67 bits per heavy atom. The van der Waals surface area contributed by atoms with Gasteiger partial charge in [-0.3, -0.25) is 9.59 Å². The molecule has 8 heteroatoms. The number of hydrogen-bond donors (Lipinski definition) is 0. The Morgan fingerprint density at radius 1 is 0.596 bits per heavy atom. The molecule has 8 nitrogen and oxygen atoms in total. The molecule has 0 radical (unpaired) electrons. The molecule has 0 aliphatic heterocycles. The molecule has 0 heterocycles. The van der Waals surface area contributed by atoms with Crippen LogP contribution >= 0.6 is 0 Å². The number of quaternary nitrogens is 1. The second-order valence-corrected chi connectivity index (χ2v) is 14.1. The van der Waals surface area contributed by atoms with Crippen LogP contribution in [0.4, 0.5) is 0 Å². The maximum atomic E-state index is 12.6. The van der Waals surface area contributed by atoms with Gasteiger partial charge < -0.3 is 28.6 Å². The fourth-order valence-electron chi connectivity index (χ4n) is 5.20. The number of aliphatic carboxylic acids is 1. The average molecular weight is 728 g/mol. The molecule has 0 aliphatic carbocycles. The summed E-state index contributed by atoms with van der Waals surface area (Å²) in [6.07, 6.45) is 42.2. The van der Waals surface area contributed by atoms with Crippen molar-refractivity contribution in [1.29, 1.82) is 0 Å². The number of carbonyl (C=O) groups is 3. The number of esters is 2. The summed E-state index contributed by atoms with van der Waals surface area (Å²) in [4.78, 5) is 36.7. The number of carboxylic acids is 1. The minimum atomic E-state index is -1.14. The average Bonchev–Trinajstić information content (AvgIpc) is 3.09. The van der Waals surface area contributed by atoms with Crippen LogP contribution in [-0.4, -0.2) is 75.5 Å². The lowest BCUT2D eigenvalue weighted by Crippen LogP contribution is -2.55. The van der Waals surface area contributed by atoms with Crippen LogP contribution in [-0.2, 0) is 28.6 Å². The fourth-order valence-corrected chi connectivity index (χ4v) is 5.20. The summed E-state index contributed by atoms with van der Waals surface area (Å²) >= 11 is 0. The zero-order chi connectivity index (χ0) is 38.5. The molecule has 0 aromatic heterocycles. The summed E-state index contributed by atoms with van der Waals surface area (Å²) in [5.41, 5.74) is 0. The SMILES string of the molecule is CC/C=C/C/C=C/C/C=C/C/C=C/C/C=C/CCCC(=O)OCC(COCCC(C(=O)[O-])[N+](C)(C)C)OC(=O)CCCCCCC/C=C/CCCC. The second kappa shape index (κ2) is 34.8. The van der Waals surface area contributed by atoms with Crippen molar-refractivity contribution in [3.63, 3.8) is 0 Å². The number of rotatable bonds is 34. The molecule has 0 aliphatic rings. The van der Waals surface area contributed by atoms with E-state index in [4.69, 9.17) is 14.2 Å². The third-order valence-electron chi connectivity index (χ3n) is 8.33. The highest BCUT2D eigenvalue weighted by Crippen LogP contribution is 2.12. The molecular weight excluding hydrogens is 654 g/mol. The van der Waals surface area contributed by atoms with Crippen LogP contribution in [0.25, 0.3) is 0 Å². The van der Waals surface area contributed by atoms with Gasteiger partial charge in [0.25, 0.3) is 0 Å². The Balaban J connectivity index is 4.51. The molecule has 0 bridgehead atoms. The largest absolute Gasteiger partial charge is 0.544 e. The van der Waals surface area contributed by atoms with Gasteiger partial charge in [0.15, 0.2) is 6.10 Å². The highest BCUT2D eigenvalue weighted by Gasteiger charge is 2.25. The molecule has 0 aromatic rings. The molecule has 0 saturated heterocycles. The molecule has 0 rings (SSSR count). The molecule has 0 fully saturated rings. The van der Waals surface area contributed by atoms with E-state index in [0.29, 0.717) is 12.8 Å². The molecular formula is C44H73NO7. The van der Waals surface area contributed by atoms with Crippen LogP contribution in [0.1, 0.15) is 136 Å². The minimum absolute atomic E-state index is 0.0156. The van der Waals surface area contributed by atoms with Crippen molar-refractivity contribution in [3.05, 3.63) is 72.9 Å². The lowest BCUT2D eigenvalue weighted by molar-refractivity contribution is -0.889. The van der Waals surface area contributed by atoms with E-state index in [1.807, 2.05) is 0 Å². The van der Waals surface area contributed by atoms with Crippen molar-refractivity contribution in [3.8, 4) is 0 Å². The number of carbonyl (C=O) groups excluding carboxylic acids is 3. The number of ether oxygens (including phenoxy) is 3. The number of allylic oxidation sites excluding steroid dienone is 12. The van der Waals surface area contributed by atoms with Crippen LogP contribution in [0, 0.1) is 0 Å². The topological polar surface area (TPSA) is 102 Å². The molecule has 0 amide bonds. The van der Waals surface area contributed by atoms with Crippen molar-refractivity contribution < 1.29 is 38.2 Å². The molecule has 0 N–H and O–H groups in total. The van der Waals surface area contributed by atoms with Crippen LogP contribution in [0.5, 0.6) is 0 Å². The van der Waals surface area contributed by atoms with Gasteiger partial charge in [-0.15, -0.1) is 0 Å². The molecule has 0 aromatic carbocycles. The Hall–Kier alpha value is -3.23. The van der Waals surface area contributed by atoms with E-state index in [2.05, 4.69) is 86.8 Å². The van der Waals surface area contributed by atoms with Gasteiger partial charge in [-0.05, 0) is 70.6 Å². The predicted molar refractivity (Wildman–Crippen MR) is 212 cm³/mol. The first-order chi connectivity index (χ1) is 25.1. The van der Waals surface area contributed by atoms with E-state index in [9.17, 15) is 19.5 Å². The Morgan fingerprint density at radius 2 is 1.10 bits per heavy atom. The van der Waals surface area contributed by atoms with Gasteiger partial charge in [0.2, 0.25) is 0 Å². The molecule has 0 saturated carbocycles. The summed E-state index contributed by atoms with van der Waals surface area (Å²) in [7, 11) is 5.37. The number of nitrogens with zero attached hydrogens (tertiary/aromatic N) is 1. The lowest BCUT2D eigenvalue weighted by atomic mass is 10.1. The summed E-state index contributed by atoms with van der Waals surface area (Å²) < 4.78 is 17.0. The smallest absolute Gasteiger partial charge is 0.306 e. The number of carboxylic acid groups (broad SMARTS) is 1. The van der Waals surface area contributed by atoms with Crippen molar-refractivity contribution in [2.24, 2.45) is 0 Å². The van der Waals surface area contributed by atoms with Gasteiger partial charge in [-0.1, -0.05) is 119 Å². The second-order valence-electron chi connectivity index (χ2n) is 14.1. The standard InChI is InChI=1S/C44H73NO7/c1-6-8-10-12-14-16-18-19-20-21-22-23-25-26-28-30-32-34-42(46)51-39-40(38-50-37-36-41(44(48)49)45(3,4)5)52-43(47)35-33-31-29-27-24-17-15-13-11-9-7-2/h8,10,13-16,19-20,22-23,26,28,40-41H,6-7,9,11-12,17-18,21,24-25,27,29-39H2,1-5H3/b10-8+,15-13+,16-14+,20-19+,23-22+,28-26+. The lowest BCUT2D eigenvalue weighted by Gasteiger charge is -2.34. The van der Waals surface area contributed by atoms with Crippen LogP contribution in [0.2, 0.25) is 0 Å². The van der Waals surface area contributed by atoms with Gasteiger partial charge >= 0.3 is 11.9 Å². The van der Waals surface area contributed by atoms with Crippen LogP contribution in [0.15, 0.2) is 72.9 Å². The molecule has 0 spiro atoms. The first kappa shape index (κ1) is 48.8. The van der Waals surface area contributed by atoms with Crippen molar-refractivity contribution >= 4 is 17.9 Å². The van der Waals surface area contributed by atoms with E-state index in [1.54, 1.807) is 21.1 Å². The van der Waals surface area contributed by atoms with Crippen molar-refractivity contribution in [1.82, 2.24) is 0 Å². The van der Waals surface area contributed by atoms with Gasteiger partial charge in [0, 0.05) is 19.3 Å². The summed E-state index contributed by atoms with van der Waals surface area (Å²) in [5.74, 6) is -1.84. The quantitative estimate of drug-likeness (QED) is 0.0282. The summed E-state index contributed by atoms with van der Waals surface area (Å²) in [6, 6.07) is -0.737.